The van der Waals surface area contributed by atoms with E-state index in [9.17, 15) is 0 Å². The minimum atomic E-state index is 0.898. The average Bonchev–Trinajstić information content (AvgIpc) is 3.93. The first kappa shape index (κ1) is 36.9. The van der Waals surface area contributed by atoms with E-state index in [-0.39, 0.29) is 0 Å². The lowest BCUT2D eigenvalue weighted by molar-refractivity contribution is 0.669. The quantitative estimate of drug-likeness (QED) is 0.149. The van der Waals surface area contributed by atoms with Gasteiger partial charge in [0, 0.05) is 44.3 Å². The zero-order valence-electron chi connectivity index (χ0n) is 35.4. The summed E-state index contributed by atoms with van der Waals surface area (Å²) in [5.41, 5.74) is 15.6. The van der Waals surface area contributed by atoms with Gasteiger partial charge in [-0.2, -0.15) is 0 Å². The Bertz CT molecular complexity index is 3880. The highest BCUT2D eigenvalue weighted by molar-refractivity contribution is 6.14. The lowest BCUT2D eigenvalue weighted by atomic mass is 9.94. The van der Waals surface area contributed by atoms with Crippen molar-refractivity contribution in [3.63, 3.8) is 0 Å². The molecule has 0 aliphatic heterocycles. The predicted octanol–water partition coefficient (Wildman–Crippen LogP) is 17.5. The monoisotopic (exact) mass is 828 g/mol. The molecule has 0 unspecified atom stereocenters. The molecule has 0 N–H and O–H groups in total. The fourth-order valence-corrected chi connectivity index (χ4v) is 10.2. The lowest BCUT2D eigenvalue weighted by Crippen LogP contribution is -2.09. The molecule has 65 heavy (non-hydrogen) atoms. The van der Waals surface area contributed by atoms with E-state index < -0.39 is 0 Å². The number of anilines is 3. The molecule has 3 heteroatoms. The molecule has 0 aliphatic carbocycles. The normalized spacial score (nSPS) is 11.7. The molecule has 0 aliphatic rings. The SMILES string of the molecule is c1cc(-c2ccc(N(c3ccc(-c4cccc5c4ccc4ccccc45)cc3)c3ccc(-c4cccc5oc6ccccc6c45)cc3)cc2)cc(-n2c3ccccc3c3ccccc32)c1. The number of hydrogen-bond donors (Lipinski definition) is 0. The molecular formula is C62H40N2O. The molecule has 0 spiro atoms. The molecule has 0 saturated heterocycles. The molecule has 2 heterocycles. The number of hydrogen-bond acceptors (Lipinski definition) is 2. The Morgan fingerprint density at radius 3 is 1.54 bits per heavy atom. The molecule has 3 nitrogen and oxygen atoms in total. The first-order valence-electron chi connectivity index (χ1n) is 22.2. The number of rotatable bonds is 7. The molecule has 13 rings (SSSR count). The van der Waals surface area contributed by atoms with Crippen molar-refractivity contribution in [1.29, 1.82) is 0 Å². The van der Waals surface area contributed by atoms with Crippen molar-refractivity contribution in [2.75, 3.05) is 4.90 Å². The summed E-state index contributed by atoms with van der Waals surface area (Å²) in [6.07, 6.45) is 0. The molecule has 13 aromatic rings. The Labute approximate surface area is 376 Å². The van der Waals surface area contributed by atoms with Crippen LogP contribution in [0.15, 0.2) is 247 Å². The summed E-state index contributed by atoms with van der Waals surface area (Å²) in [6, 6.07) is 87.7. The van der Waals surface area contributed by atoms with Gasteiger partial charge >= 0.3 is 0 Å². The van der Waals surface area contributed by atoms with Gasteiger partial charge in [-0.25, -0.2) is 0 Å². The number of fused-ring (bicyclic) bond motifs is 9. The van der Waals surface area contributed by atoms with Crippen LogP contribution in [0, 0.1) is 0 Å². The Morgan fingerprint density at radius 2 is 0.831 bits per heavy atom. The van der Waals surface area contributed by atoms with Crippen LogP contribution >= 0.6 is 0 Å². The summed E-state index contributed by atoms with van der Waals surface area (Å²) in [6.45, 7) is 0. The van der Waals surface area contributed by atoms with E-state index in [4.69, 9.17) is 4.42 Å². The van der Waals surface area contributed by atoms with Crippen molar-refractivity contribution >= 4 is 82.4 Å². The average molecular weight is 829 g/mol. The van der Waals surface area contributed by atoms with Gasteiger partial charge in [-0.15, -0.1) is 0 Å². The molecule has 304 valence electrons. The highest BCUT2D eigenvalue weighted by atomic mass is 16.3. The van der Waals surface area contributed by atoms with E-state index in [0.29, 0.717) is 0 Å². The number of para-hydroxylation sites is 3. The Balaban J connectivity index is 0.898. The standard InChI is InChI=1S/C62H40N2O/c1-2-15-50-42(12-1)32-39-54-51(19-10-21-53(50)54)43-28-35-47(36-29-43)63(48-37-30-44(31-38-48)52-20-11-25-61-62(52)57-18-5-8-24-60(57)65-61)46-33-26-41(27-34-46)45-13-9-14-49(40-45)64-58-22-6-3-16-55(58)56-17-4-7-23-59(56)64/h1-40H. The van der Waals surface area contributed by atoms with Gasteiger partial charge in [0.15, 0.2) is 0 Å². The maximum atomic E-state index is 6.27. The van der Waals surface area contributed by atoms with Crippen molar-refractivity contribution in [3.05, 3.63) is 243 Å². The van der Waals surface area contributed by atoms with E-state index in [0.717, 1.165) is 61.4 Å². The third kappa shape index (κ3) is 6.12. The Kier molecular flexibility index (Phi) is 8.53. The van der Waals surface area contributed by atoms with Crippen LogP contribution in [0.2, 0.25) is 0 Å². The summed E-state index contributed by atoms with van der Waals surface area (Å²) >= 11 is 0. The second kappa shape index (κ2) is 15.0. The zero-order chi connectivity index (χ0) is 42.8. The highest BCUT2D eigenvalue weighted by Gasteiger charge is 2.18. The Morgan fingerprint density at radius 1 is 0.308 bits per heavy atom. The highest BCUT2D eigenvalue weighted by Crippen LogP contribution is 2.42. The molecule has 0 amide bonds. The third-order valence-electron chi connectivity index (χ3n) is 13.2. The first-order valence-corrected chi connectivity index (χ1v) is 22.2. The van der Waals surface area contributed by atoms with Gasteiger partial charge in [-0.3, -0.25) is 0 Å². The van der Waals surface area contributed by atoms with Crippen molar-refractivity contribution in [1.82, 2.24) is 4.57 Å². The molecule has 0 fully saturated rings. The fourth-order valence-electron chi connectivity index (χ4n) is 10.2. The van der Waals surface area contributed by atoms with E-state index >= 15 is 0 Å². The minimum Gasteiger partial charge on any atom is -0.456 e. The smallest absolute Gasteiger partial charge is 0.136 e. The Hall–Kier alpha value is -8.66. The predicted molar refractivity (Wildman–Crippen MR) is 274 cm³/mol. The van der Waals surface area contributed by atoms with Crippen molar-refractivity contribution < 1.29 is 4.42 Å². The van der Waals surface area contributed by atoms with E-state index in [2.05, 4.69) is 240 Å². The van der Waals surface area contributed by atoms with Crippen molar-refractivity contribution in [3.8, 4) is 39.1 Å². The second-order valence-electron chi connectivity index (χ2n) is 16.9. The summed E-state index contributed by atoms with van der Waals surface area (Å²) < 4.78 is 8.65. The number of aromatic nitrogens is 1. The van der Waals surface area contributed by atoms with Crippen LogP contribution in [-0.4, -0.2) is 4.57 Å². The van der Waals surface area contributed by atoms with Gasteiger partial charge in [-0.1, -0.05) is 170 Å². The van der Waals surface area contributed by atoms with Crippen LogP contribution in [-0.2, 0) is 0 Å². The first-order chi connectivity index (χ1) is 32.2. The van der Waals surface area contributed by atoms with Gasteiger partial charge in [-0.05, 0) is 128 Å². The summed E-state index contributed by atoms with van der Waals surface area (Å²) in [4.78, 5) is 2.36. The van der Waals surface area contributed by atoms with Crippen LogP contribution in [0.5, 0.6) is 0 Å². The molecule has 0 bridgehead atoms. The van der Waals surface area contributed by atoms with Gasteiger partial charge in [0.1, 0.15) is 11.2 Å². The lowest BCUT2D eigenvalue weighted by Gasteiger charge is -2.26. The summed E-state index contributed by atoms with van der Waals surface area (Å²) in [5, 5.41) is 9.85. The maximum Gasteiger partial charge on any atom is 0.136 e. The van der Waals surface area contributed by atoms with Crippen LogP contribution in [0.1, 0.15) is 0 Å². The molecular weight excluding hydrogens is 789 g/mol. The maximum absolute atomic E-state index is 6.27. The summed E-state index contributed by atoms with van der Waals surface area (Å²) in [5.74, 6) is 0. The second-order valence-corrected chi connectivity index (χ2v) is 16.9. The van der Waals surface area contributed by atoms with Crippen molar-refractivity contribution in [2.45, 2.75) is 0 Å². The van der Waals surface area contributed by atoms with Gasteiger partial charge in [0.05, 0.1) is 11.0 Å². The van der Waals surface area contributed by atoms with Crippen LogP contribution in [0.4, 0.5) is 17.1 Å². The number of benzene rings is 11. The van der Waals surface area contributed by atoms with Gasteiger partial charge in [0.2, 0.25) is 0 Å². The topological polar surface area (TPSA) is 21.3 Å². The summed E-state index contributed by atoms with van der Waals surface area (Å²) in [7, 11) is 0. The largest absolute Gasteiger partial charge is 0.456 e. The zero-order valence-corrected chi connectivity index (χ0v) is 35.4. The molecule has 0 radical (unpaired) electrons. The molecule has 0 atom stereocenters. The van der Waals surface area contributed by atoms with Crippen LogP contribution in [0.25, 0.3) is 104 Å². The molecule has 11 aromatic carbocycles. The number of nitrogens with zero attached hydrogens (tertiary/aromatic N) is 2. The van der Waals surface area contributed by atoms with Gasteiger partial charge < -0.3 is 13.9 Å². The van der Waals surface area contributed by atoms with E-state index in [1.165, 1.54) is 60.0 Å². The number of furan rings is 1. The fraction of sp³-hybridized carbons (Fsp3) is 0. The molecule has 0 saturated carbocycles. The van der Waals surface area contributed by atoms with Gasteiger partial charge in [0.25, 0.3) is 0 Å². The minimum absolute atomic E-state index is 0.898. The van der Waals surface area contributed by atoms with Crippen LogP contribution < -0.4 is 4.90 Å². The van der Waals surface area contributed by atoms with Crippen molar-refractivity contribution in [2.24, 2.45) is 0 Å². The van der Waals surface area contributed by atoms with E-state index in [1.807, 2.05) is 12.1 Å². The van der Waals surface area contributed by atoms with E-state index in [1.54, 1.807) is 0 Å². The third-order valence-corrected chi connectivity index (χ3v) is 13.2. The van der Waals surface area contributed by atoms with Crippen LogP contribution in [0.3, 0.4) is 0 Å². The molecule has 2 aromatic heterocycles.